The summed E-state index contributed by atoms with van der Waals surface area (Å²) in [6.45, 7) is 0. The fourth-order valence-corrected chi connectivity index (χ4v) is 7.90. The van der Waals surface area contributed by atoms with Crippen LogP contribution in [-0.4, -0.2) is 49.4 Å². The Hall–Kier alpha value is -1.74. The molecule has 2 aromatic rings. The van der Waals surface area contributed by atoms with Gasteiger partial charge in [-0.05, 0) is 29.8 Å². The molecule has 2 aliphatic heterocycles. The largest absolute Gasteiger partial charge is 0.497 e. The maximum atomic E-state index is 12.7. The van der Waals surface area contributed by atoms with Gasteiger partial charge in [-0.2, -0.15) is 4.99 Å². The number of benzene rings is 2. The molecular formula is C20H18Cl2N2O4S2. The van der Waals surface area contributed by atoms with Crippen molar-refractivity contribution < 1.29 is 17.9 Å². The van der Waals surface area contributed by atoms with Gasteiger partial charge in [-0.1, -0.05) is 53.2 Å². The molecule has 10 heteroatoms. The van der Waals surface area contributed by atoms with Gasteiger partial charge in [0.15, 0.2) is 15.0 Å². The van der Waals surface area contributed by atoms with E-state index in [0.717, 1.165) is 5.56 Å². The number of methoxy groups -OCH3 is 1. The summed E-state index contributed by atoms with van der Waals surface area (Å²) >= 11 is 13.9. The van der Waals surface area contributed by atoms with Gasteiger partial charge in [-0.25, -0.2) is 8.42 Å². The van der Waals surface area contributed by atoms with Crippen molar-refractivity contribution in [3.05, 3.63) is 58.1 Å². The van der Waals surface area contributed by atoms with Crippen molar-refractivity contribution in [2.75, 3.05) is 23.5 Å². The van der Waals surface area contributed by atoms with Crippen molar-refractivity contribution in [3.63, 3.8) is 0 Å². The Balaban J connectivity index is 1.65. The van der Waals surface area contributed by atoms with Crippen LogP contribution in [0.3, 0.4) is 0 Å². The number of carbonyl (C=O) groups excluding carboxylic acids is 1. The zero-order valence-corrected chi connectivity index (χ0v) is 19.1. The van der Waals surface area contributed by atoms with Crippen molar-refractivity contribution in [2.24, 2.45) is 4.99 Å². The van der Waals surface area contributed by atoms with Crippen molar-refractivity contribution in [3.8, 4) is 5.75 Å². The number of ether oxygens (including phenoxy) is 1. The number of hydrogen-bond donors (Lipinski definition) is 0. The van der Waals surface area contributed by atoms with Crippen LogP contribution in [0.15, 0.2) is 47.5 Å². The molecular weight excluding hydrogens is 467 g/mol. The third-order valence-corrected chi connectivity index (χ3v) is 9.01. The summed E-state index contributed by atoms with van der Waals surface area (Å²) < 4.78 is 29.5. The van der Waals surface area contributed by atoms with Gasteiger partial charge in [-0.3, -0.25) is 4.79 Å². The first kappa shape index (κ1) is 21.5. The summed E-state index contributed by atoms with van der Waals surface area (Å²) in [5.41, 5.74) is 1.36. The minimum Gasteiger partial charge on any atom is -0.497 e. The van der Waals surface area contributed by atoms with Crippen LogP contribution in [0, 0.1) is 0 Å². The smallest absolute Gasteiger partial charge is 0.252 e. The van der Waals surface area contributed by atoms with Crippen LogP contribution in [0.25, 0.3) is 0 Å². The lowest BCUT2D eigenvalue weighted by molar-refractivity contribution is -0.117. The molecule has 4 rings (SSSR count). The zero-order valence-electron chi connectivity index (χ0n) is 15.9. The van der Waals surface area contributed by atoms with E-state index in [-0.39, 0.29) is 35.1 Å². The number of thioether (sulfide) groups is 1. The summed E-state index contributed by atoms with van der Waals surface area (Å²) in [6, 6.07) is 12.0. The maximum absolute atomic E-state index is 12.7. The average molecular weight is 485 g/mol. The second kappa shape index (κ2) is 8.42. The zero-order chi connectivity index (χ0) is 21.5. The molecule has 6 nitrogen and oxygen atoms in total. The first-order valence-electron chi connectivity index (χ1n) is 9.12. The molecule has 30 heavy (non-hydrogen) atoms. The number of rotatable bonds is 4. The predicted octanol–water partition coefficient (Wildman–Crippen LogP) is 3.85. The molecule has 158 valence electrons. The fraction of sp³-hybridized carbons (Fsp3) is 0.300. The Bertz CT molecular complexity index is 1120. The van der Waals surface area contributed by atoms with E-state index in [1.54, 1.807) is 42.3 Å². The monoisotopic (exact) mass is 484 g/mol. The lowest BCUT2D eigenvalue weighted by Gasteiger charge is -2.25. The van der Waals surface area contributed by atoms with E-state index in [0.29, 0.717) is 26.6 Å². The average Bonchev–Trinajstić information content (AvgIpc) is 3.15. The van der Waals surface area contributed by atoms with Crippen LogP contribution in [0.5, 0.6) is 5.75 Å². The Morgan fingerprint density at radius 3 is 2.63 bits per heavy atom. The summed E-state index contributed by atoms with van der Waals surface area (Å²) in [6.07, 6.45) is 0.124. The van der Waals surface area contributed by atoms with E-state index >= 15 is 0 Å². The molecule has 1 amide bonds. The minimum absolute atomic E-state index is 0.0147. The number of nitrogens with zero attached hydrogens (tertiary/aromatic N) is 2. The van der Waals surface area contributed by atoms with Crippen molar-refractivity contribution in [1.82, 2.24) is 0 Å². The Labute approximate surface area is 189 Å². The molecule has 0 bridgehead atoms. The molecule has 0 saturated carbocycles. The van der Waals surface area contributed by atoms with Crippen LogP contribution >= 0.6 is 35.0 Å². The highest BCUT2D eigenvalue weighted by molar-refractivity contribution is 8.16. The number of fused-ring (bicyclic) bond motifs is 1. The molecule has 2 aliphatic rings. The van der Waals surface area contributed by atoms with Gasteiger partial charge in [0.05, 0.1) is 46.8 Å². The van der Waals surface area contributed by atoms with Gasteiger partial charge in [-0.15, -0.1) is 0 Å². The van der Waals surface area contributed by atoms with E-state index in [9.17, 15) is 13.2 Å². The van der Waals surface area contributed by atoms with Crippen LogP contribution < -0.4 is 9.64 Å². The van der Waals surface area contributed by atoms with Gasteiger partial charge >= 0.3 is 0 Å². The number of carbonyl (C=O) groups is 1. The molecule has 2 fully saturated rings. The van der Waals surface area contributed by atoms with Crippen LogP contribution in [0.4, 0.5) is 5.69 Å². The van der Waals surface area contributed by atoms with Crippen molar-refractivity contribution in [2.45, 2.75) is 17.7 Å². The molecule has 0 aliphatic carbocycles. The van der Waals surface area contributed by atoms with Crippen molar-refractivity contribution >= 4 is 61.6 Å². The van der Waals surface area contributed by atoms with E-state index in [2.05, 4.69) is 4.99 Å². The highest BCUT2D eigenvalue weighted by Gasteiger charge is 2.49. The number of halogens is 2. The highest BCUT2D eigenvalue weighted by Crippen LogP contribution is 2.44. The molecule has 0 spiro atoms. The normalized spacial score (nSPS) is 23.6. The van der Waals surface area contributed by atoms with Crippen molar-refractivity contribution in [1.29, 1.82) is 0 Å². The lowest BCUT2D eigenvalue weighted by atomic mass is 10.1. The fourth-order valence-electron chi connectivity index (χ4n) is 3.59. The number of hydrogen-bond acceptors (Lipinski definition) is 5. The van der Waals surface area contributed by atoms with Gasteiger partial charge in [0.2, 0.25) is 0 Å². The Kier molecular flexibility index (Phi) is 6.03. The SMILES string of the molecule is COc1ccc(CC(=O)N=C2S[C@@H]3CS(=O)(=O)C[C@H]3N2c2cccc(Cl)c2Cl)cc1. The summed E-state index contributed by atoms with van der Waals surface area (Å²) in [5, 5.41) is 0.896. The molecule has 0 N–H and O–H groups in total. The third-order valence-electron chi connectivity index (χ3n) is 4.99. The topological polar surface area (TPSA) is 76.0 Å². The summed E-state index contributed by atoms with van der Waals surface area (Å²) in [5.74, 6) is 0.412. The predicted molar refractivity (Wildman–Crippen MR) is 122 cm³/mol. The first-order chi connectivity index (χ1) is 14.3. The molecule has 2 heterocycles. The Morgan fingerprint density at radius 2 is 1.93 bits per heavy atom. The molecule has 2 aromatic carbocycles. The molecule has 0 unspecified atom stereocenters. The van der Waals surface area contributed by atoms with Gasteiger partial charge in [0.1, 0.15) is 5.75 Å². The van der Waals surface area contributed by atoms with E-state index in [1.165, 1.54) is 11.8 Å². The van der Waals surface area contributed by atoms with Crippen LogP contribution in [-0.2, 0) is 21.1 Å². The minimum atomic E-state index is -3.17. The maximum Gasteiger partial charge on any atom is 0.252 e. The molecule has 0 aromatic heterocycles. The third kappa shape index (κ3) is 4.32. The second-order valence-electron chi connectivity index (χ2n) is 7.06. The highest BCUT2D eigenvalue weighted by atomic mass is 35.5. The van der Waals surface area contributed by atoms with Gasteiger partial charge < -0.3 is 9.64 Å². The first-order valence-corrected chi connectivity index (χ1v) is 12.6. The van der Waals surface area contributed by atoms with Gasteiger partial charge in [0.25, 0.3) is 5.91 Å². The number of aliphatic imine (C=N–C) groups is 1. The second-order valence-corrected chi connectivity index (χ2v) is 11.2. The number of amides is 1. The summed E-state index contributed by atoms with van der Waals surface area (Å²) in [7, 11) is -1.59. The number of sulfone groups is 1. The van der Waals surface area contributed by atoms with E-state index in [4.69, 9.17) is 27.9 Å². The Morgan fingerprint density at radius 1 is 1.20 bits per heavy atom. The lowest BCUT2D eigenvalue weighted by Crippen LogP contribution is -2.38. The molecule has 2 saturated heterocycles. The number of anilines is 1. The van der Waals surface area contributed by atoms with E-state index in [1.807, 2.05) is 12.1 Å². The standard InChI is InChI=1S/C20H18Cl2N2O4S2/c1-28-13-7-5-12(6-8-13)9-18(25)23-20-24(15-4-2-3-14(21)19(15)22)16-10-30(26,27)11-17(16)29-20/h2-8,16-17H,9-11H2,1H3/t16-,17-/m1/s1. The number of amidine groups is 1. The summed E-state index contributed by atoms with van der Waals surface area (Å²) in [4.78, 5) is 18.7. The van der Waals surface area contributed by atoms with Crippen LogP contribution in [0.2, 0.25) is 10.0 Å². The molecule has 2 atom stereocenters. The van der Waals surface area contributed by atoms with E-state index < -0.39 is 9.84 Å². The van der Waals surface area contributed by atoms with Gasteiger partial charge in [0, 0.05) is 5.25 Å². The quantitative estimate of drug-likeness (QED) is 0.655. The molecule has 0 radical (unpaired) electrons. The van der Waals surface area contributed by atoms with Crippen LogP contribution in [0.1, 0.15) is 5.56 Å².